The van der Waals surface area contributed by atoms with Gasteiger partial charge in [-0.05, 0) is 25.0 Å². The van der Waals surface area contributed by atoms with E-state index in [0.717, 1.165) is 11.8 Å². The van der Waals surface area contributed by atoms with Crippen LogP contribution in [0.25, 0.3) is 0 Å². The first-order valence-electron chi connectivity index (χ1n) is 5.61. The lowest BCUT2D eigenvalue weighted by Gasteiger charge is -2.17. The number of aryl methyl sites for hydroxylation is 1. The summed E-state index contributed by atoms with van der Waals surface area (Å²) in [6, 6.07) is 1.68. The number of aliphatic hydroxyl groups is 2. The summed E-state index contributed by atoms with van der Waals surface area (Å²) in [5.74, 6) is -0.174. The molecule has 0 fully saturated rings. The Bertz CT molecular complexity index is 430. The molecule has 1 heterocycles. The summed E-state index contributed by atoms with van der Waals surface area (Å²) in [5.41, 5.74) is 0.785. The molecular formula is C12H17NO4S. The van der Waals surface area contributed by atoms with Crippen LogP contribution in [0, 0.1) is 6.92 Å². The lowest BCUT2D eigenvalue weighted by Crippen LogP contribution is -2.27. The number of carbonyl (C=O) groups is 2. The topological polar surface area (TPSA) is 86.6 Å². The summed E-state index contributed by atoms with van der Waals surface area (Å²) >= 11 is 1.17. The van der Waals surface area contributed by atoms with Crippen molar-refractivity contribution in [3.05, 3.63) is 21.4 Å². The van der Waals surface area contributed by atoms with E-state index in [1.807, 2.05) is 0 Å². The van der Waals surface area contributed by atoms with Gasteiger partial charge in [0.05, 0.1) is 11.0 Å². The molecule has 3 N–H and O–H groups in total. The summed E-state index contributed by atoms with van der Waals surface area (Å²) < 4.78 is 0. The summed E-state index contributed by atoms with van der Waals surface area (Å²) in [5, 5.41) is 22.3. The molecule has 2 atom stereocenters. The van der Waals surface area contributed by atoms with Crippen molar-refractivity contribution in [2.24, 2.45) is 0 Å². The predicted molar refractivity (Wildman–Crippen MR) is 68.7 cm³/mol. The Balaban J connectivity index is 2.61. The van der Waals surface area contributed by atoms with Gasteiger partial charge in [-0.25, -0.2) is 0 Å². The van der Waals surface area contributed by atoms with Crippen LogP contribution in [0.15, 0.2) is 6.07 Å². The van der Waals surface area contributed by atoms with E-state index in [-0.39, 0.29) is 12.3 Å². The van der Waals surface area contributed by atoms with Crippen LogP contribution in [0.4, 0.5) is 0 Å². The third kappa shape index (κ3) is 3.90. The Labute approximate surface area is 109 Å². The van der Waals surface area contributed by atoms with Crippen LogP contribution in [0.1, 0.15) is 39.6 Å². The Morgan fingerprint density at radius 1 is 1.56 bits per heavy atom. The monoisotopic (exact) mass is 271 g/mol. The summed E-state index contributed by atoms with van der Waals surface area (Å²) in [4.78, 5) is 22.4. The maximum Gasteiger partial charge on any atom is 0.216 e. The predicted octanol–water partition coefficient (Wildman–Crippen LogP) is 0.790. The number of aldehydes is 1. The number of amides is 1. The van der Waals surface area contributed by atoms with Gasteiger partial charge in [-0.1, -0.05) is 0 Å². The Kier molecular flexibility index (Phi) is 5.46. The molecule has 0 aliphatic carbocycles. The molecule has 0 bridgehead atoms. The second-order valence-electron chi connectivity index (χ2n) is 4.10. The van der Waals surface area contributed by atoms with Gasteiger partial charge in [-0.2, -0.15) is 0 Å². The summed E-state index contributed by atoms with van der Waals surface area (Å²) in [6.45, 7) is 3.48. The van der Waals surface area contributed by atoms with Gasteiger partial charge in [0.1, 0.15) is 6.10 Å². The van der Waals surface area contributed by atoms with Crippen molar-refractivity contribution >= 4 is 23.5 Å². The maximum absolute atomic E-state index is 10.7. The van der Waals surface area contributed by atoms with Crippen LogP contribution in [0.5, 0.6) is 0 Å². The SMILES string of the molecule is CC(=O)NCCC(O)C(O)c1sc(C=O)cc1C. The highest BCUT2D eigenvalue weighted by atomic mass is 32.1. The second kappa shape index (κ2) is 6.63. The van der Waals surface area contributed by atoms with E-state index in [1.54, 1.807) is 13.0 Å². The van der Waals surface area contributed by atoms with Crippen LogP contribution in [-0.2, 0) is 4.79 Å². The Morgan fingerprint density at radius 2 is 2.22 bits per heavy atom. The van der Waals surface area contributed by atoms with Gasteiger partial charge in [0.15, 0.2) is 6.29 Å². The standard InChI is InChI=1S/C12H17NO4S/c1-7-5-9(6-14)18-12(7)11(17)10(16)3-4-13-8(2)15/h5-6,10-11,16-17H,3-4H2,1-2H3,(H,13,15). The number of thiophene rings is 1. The van der Waals surface area contributed by atoms with Gasteiger partial charge < -0.3 is 15.5 Å². The largest absolute Gasteiger partial charge is 0.390 e. The number of carbonyl (C=O) groups excluding carboxylic acids is 2. The first kappa shape index (κ1) is 14.8. The molecule has 1 rings (SSSR count). The third-order valence-corrected chi connectivity index (χ3v) is 3.77. The van der Waals surface area contributed by atoms with Crippen molar-refractivity contribution in [2.45, 2.75) is 32.5 Å². The minimum absolute atomic E-state index is 0.174. The van der Waals surface area contributed by atoms with Gasteiger partial charge in [-0.15, -0.1) is 11.3 Å². The van der Waals surface area contributed by atoms with Gasteiger partial charge in [-0.3, -0.25) is 9.59 Å². The van der Waals surface area contributed by atoms with E-state index < -0.39 is 12.2 Å². The van der Waals surface area contributed by atoms with E-state index in [9.17, 15) is 19.8 Å². The highest BCUT2D eigenvalue weighted by Crippen LogP contribution is 2.29. The quantitative estimate of drug-likeness (QED) is 0.668. The minimum Gasteiger partial charge on any atom is -0.390 e. The van der Waals surface area contributed by atoms with Crippen molar-refractivity contribution in [2.75, 3.05) is 6.54 Å². The van der Waals surface area contributed by atoms with Crippen molar-refractivity contribution < 1.29 is 19.8 Å². The zero-order valence-electron chi connectivity index (χ0n) is 10.3. The van der Waals surface area contributed by atoms with Gasteiger partial charge in [0.2, 0.25) is 5.91 Å². The molecule has 6 heteroatoms. The molecule has 0 aliphatic rings. The molecular weight excluding hydrogens is 254 g/mol. The highest BCUT2D eigenvalue weighted by molar-refractivity contribution is 7.13. The molecule has 1 amide bonds. The molecule has 0 aromatic carbocycles. The number of aliphatic hydroxyl groups excluding tert-OH is 2. The Hall–Kier alpha value is -1.24. The number of nitrogens with one attached hydrogen (secondary N) is 1. The normalized spacial score (nSPS) is 14.0. The molecule has 2 unspecified atom stereocenters. The van der Waals surface area contributed by atoms with Crippen LogP contribution in [0.3, 0.4) is 0 Å². The maximum atomic E-state index is 10.7. The van der Waals surface area contributed by atoms with E-state index >= 15 is 0 Å². The van der Waals surface area contributed by atoms with Crippen molar-refractivity contribution in [1.82, 2.24) is 5.32 Å². The molecule has 0 saturated heterocycles. The fourth-order valence-corrected chi connectivity index (χ4v) is 2.64. The third-order valence-electron chi connectivity index (χ3n) is 2.54. The van der Waals surface area contributed by atoms with Crippen LogP contribution < -0.4 is 5.32 Å². The molecule has 18 heavy (non-hydrogen) atoms. The van der Waals surface area contributed by atoms with E-state index in [2.05, 4.69) is 5.32 Å². The smallest absolute Gasteiger partial charge is 0.216 e. The van der Waals surface area contributed by atoms with Crippen molar-refractivity contribution in [1.29, 1.82) is 0 Å². The molecule has 0 saturated carbocycles. The van der Waals surface area contributed by atoms with Gasteiger partial charge in [0.25, 0.3) is 0 Å². The summed E-state index contributed by atoms with van der Waals surface area (Å²) in [6.07, 6.45) is -1.02. The van der Waals surface area contributed by atoms with Gasteiger partial charge >= 0.3 is 0 Å². The first-order valence-corrected chi connectivity index (χ1v) is 6.43. The average Bonchev–Trinajstić information content (AvgIpc) is 2.69. The van der Waals surface area contributed by atoms with Crippen molar-refractivity contribution in [3.63, 3.8) is 0 Å². The molecule has 0 aliphatic heterocycles. The van der Waals surface area contributed by atoms with Crippen molar-refractivity contribution in [3.8, 4) is 0 Å². The zero-order valence-corrected chi connectivity index (χ0v) is 11.2. The second-order valence-corrected chi connectivity index (χ2v) is 5.21. The molecule has 0 spiro atoms. The zero-order chi connectivity index (χ0) is 13.7. The van der Waals surface area contributed by atoms with Crippen LogP contribution >= 0.6 is 11.3 Å². The highest BCUT2D eigenvalue weighted by Gasteiger charge is 2.22. The molecule has 1 aromatic rings. The van der Waals surface area contributed by atoms with E-state index in [1.165, 1.54) is 18.3 Å². The minimum atomic E-state index is -1.03. The fraction of sp³-hybridized carbons (Fsp3) is 0.500. The number of hydrogen-bond acceptors (Lipinski definition) is 5. The molecule has 5 nitrogen and oxygen atoms in total. The molecule has 100 valence electrons. The molecule has 0 radical (unpaired) electrons. The summed E-state index contributed by atoms with van der Waals surface area (Å²) in [7, 11) is 0. The fourth-order valence-electron chi connectivity index (χ4n) is 1.60. The number of rotatable bonds is 6. The average molecular weight is 271 g/mol. The van der Waals surface area contributed by atoms with Crippen LogP contribution in [0.2, 0.25) is 0 Å². The van der Waals surface area contributed by atoms with E-state index in [0.29, 0.717) is 16.3 Å². The lowest BCUT2D eigenvalue weighted by molar-refractivity contribution is -0.119. The lowest BCUT2D eigenvalue weighted by atomic mass is 10.1. The van der Waals surface area contributed by atoms with Gasteiger partial charge in [0, 0.05) is 18.3 Å². The number of hydrogen-bond donors (Lipinski definition) is 3. The Morgan fingerprint density at radius 3 is 2.72 bits per heavy atom. The van der Waals surface area contributed by atoms with Crippen LogP contribution in [-0.4, -0.2) is 35.1 Å². The first-order chi connectivity index (χ1) is 8.45. The molecule has 1 aromatic heterocycles. The van der Waals surface area contributed by atoms with E-state index in [4.69, 9.17) is 0 Å².